The Kier molecular flexibility index (Phi) is 242. The van der Waals surface area contributed by atoms with Crippen LogP contribution in [0.15, 0.2) is 0 Å². The minimum atomic E-state index is -5.17. The van der Waals surface area contributed by atoms with E-state index < -0.39 is 31.2 Å². The van der Waals surface area contributed by atoms with E-state index in [4.69, 9.17) is 121 Å². The van der Waals surface area contributed by atoms with Crippen molar-refractivity contribution in [2.45, 2.75) is 0 Å². The number of aromatic amines is 6. The molecular formula is C12H84N30Ni3O36S3+6. The Balaban J connectivity index is -0.0000000134. The zero-order chi connectivity index (χ0) is 45.2. The predicted molar refractivity (Wildman–Crippen MR) is 277 cm³/mol. The summed E-state index contributed by atoms with van der Waals surface area (Å²) in [5, 5.41) is 40.4. The van der Waals surface area contributed by atoms with Gasteiger partial charge in [-0.15, -0.1) is 61.2 Å². The van der Waals surface area contributed by atoms with Crippen LogP contribution in [0.4, 0.5) is 71.4 Å². The number of nitrogens with zero attached hydrogens (tertiary/aromatic N) is 12. The van der Waals surface area contributed by atoms with Crippen molar-refractivity contribution in [3.63, 3.8) is 0 Å². The van der Waals surface area contributed by atoms with E-state index in [1.165, 1.54) is 0 Å². The molecule has 72 heteroatoms. The zero-order valence-electron chi connectivity index (χ0n) is 40.8. The van der Waals surface area contributed by atoms with E-state index in [1.807, 2.05) is 0 Å². The first-order valence-corrected chi connectivity index (χ1v) is 16.3. The van der Waals surface area contributed by atoms with E-state index in [9.17, 15) is 0 Å². The molecule has 6 aromatic rings. The molecule has 0 unspecified atom stereocenters. The summed E-state index contributed by atoms with van der Waals surface area (Å²) in [5.41, 5.74) is 60.8. The van der Waals surface area contributed by atoms with E-state index >= 15 is 0 Å². The molecule has 0 aliphatic rings. The van der Waals surface area contributed by atoms with Gasteiger partial charge in [0, 0.05) is 31.2 Å². The molecule has 0 atom stereocenters. The molecule has 66 nitrogen and oxygen atoms in total. The SMILES string of the molecule is Nc1nnc(N)[nH]1.Nc1nnc(N)[nH]1.Nc1nnc(N)[nH]1.Nc1nnc(N)[nH]1.Nc1nnc(N)[nH]1.Nc1nnc(N)[nH]1.O.O.O.O.O.O.O.O.O.O.O.O.O.O.O.O.O.O.O=S(=O)([O-])[O-].O=S(=O)([O-])[O-].O=S(=O)([O-])[O-].[Ni+2].[Ni+2].[Ni+2].[OH3+].[OH3+].[OH3+].[OH3+].[OH3+].[OH3+]. The monoisotopic (exact) mass is 1490 g/mol. The maximum atomic E-state index is 8.52. The van der Waals surface area contributed by atoms with Gasteiger partial charge in [0.05, 0.1) is 0 Å². The van der Waals surface area contributed by atoms with Gasteiger partial charge in [-0.05, 0) is 0 Å². The van der Waals surface area contributed by atoms with Crippen molar-refractivity contribution >= 4 is 103 Å². The third-order valence-corrected chi connectivity index (χ3v) is 3.13. The third kappa shape index (κ3) is 186. The Bertz CT molecular complexity index is 1840. The third-order valence-electron chi connectivity index (χ3n) is 3.13. The standard InChI is InChI=1S/6C2H5N5.3Ni.3H2O4S.24H2O/c6*3-1-5-2(4)7-6-1;;;;3*1-5(2,3)4;;;;;;;;;;;;;;;;;;;;;;;;/h6*(H5,3,4,5,6,7);;;;3*(H2,1,2,3,4);24*1H2/q;;;;;;3*+2;;;;;;;;;;;;;;;;;;;;;;;;;;;. The normalized spacial score (nSPS) is 6.64. The van der Waals surface area contributed by atoms with Crippen molar-refractivity contribution in [2.75, 3.05) is 68.8 Å². The Labute approximate surface area is 494 Å². The van der Waals surface area contributed by atoms with Crippen LogP contribution in [0.2, 0.25) is 0 Å². The van der Waals surface area contributed by atoms with Gasteiger partial charge >= 0.3 is 49.5 Å². The molecule has 540 valence electrons. The molecule has 0 saturated heterocycles. The van der Waals surface area contributed by atoms with E-state index in [-0.39, 0.29) is 252 Å². The number of nitrogens with two attached hydrogens (primary N) is 12. The molecule has 0 fully saturated rings. The van der Waals surface area contributed by atoms with Crippen molar-refractivity contribution in [2.24, 2.45) is 0 Å². The average molecular weight is 1500 g/mol. The minimum Gasteiger partial charge on any atom is -0.759 e. The van der Waals surface area contributed by atoms with E-state index in [2.05, 4.69) is 91.1 Å². The Morgan fingerprint density at radius 3 is 0.250 bits per heavy atom. The van der Waals surface area contributed by atoms with Crippen molar-refractivity contribution < 1.29 is 233 Å². The Morgan fingerprint density at radius 1 is 0.202 bits per heavy atom. The minimum absolute atomic E-state index is 0. The second kappa shape index (κ2) is 101. The summed E-state index contributed by atoms with van der Waals surface area (Å²) < 4.78 is 102. The fraction of sp³-hybridized carbons (Fsp3) is 0. The molecule has 6 aromatic heterocycles. The molecule has 0 radical (unpaired) electrons. The molecular weight excluding hydrogens is 1410 g/mol. The number of nitrogens with one attached hydrogen (secondary N) is 6. The van der Waals surface area contributed by atoms with Gasteiger partial charge in [-0.25, -0.2) is 0 Å². The summed E-state index contributed by atoms with van der Waals surface area (Å²) in [5.74, 6) is 2.97. The summed E-state index contributed by atoms with van der Waals surface area (Å²) in [6, 6.07) is 0. The fourth-order valence-corrected chi connectivity index (χ4v) is 1.73. The number of aromatic nitrogens is 18. The van der Waals surface area contributed by atoms with Crippen LogP contribution in [0.1, 0.15) is 0 Å². The molecule has 0 amide bonds. The predicted octanol–water partition coefficient (Wildman–Crippen LogP) is -30.6. The van der Waals surface area contributed by atoms with Crippen LogP contribution in [0.25, 0.3) is 0 Å². The molecule has 0 aromatic carbocycles. The fourth-order valence-electron chi connectivity index (χ4n) is 1.73. The maximum absolute atomic E-state index is 8.52. The van der Waals surface area contributed by atoms with Gasteiger partial charge in [-0.1, -0.05) is 0 Å². The second-order valence-electron chi connectivity index (χ2n) is 7.80. The smallest absolute Gasteiger partial charge is 0.759 e. The van der Waals surface area contributed by atoms with Crippen molar-refractivity contribution in [1.29, 1.82) is 0 Å². The molecule has 6 heterocycles. The molecule has 6 rings (SSSR count). The van der Waals surface area contributed by atoms with Crippen LogP contribution in [-0.2, 0) is 114 Å². The quantitative estimate of drug-likeness (QED) is 0.0291. The van der Waals surface area contributed by atoms with Gasteiger partial charge < -0.3 is 228 Å². The molecule has 0 saturated carbocycles. The zero-order valence-corrected chi connectivity index (χ0v) is 46.2. The first-order valence-electron chi connectivity index (χ1n) is 12.3. The Morgan fingerprint density at radius 2 is 0.238 bits per heavy atom. The summed E-state index contributed by atoms with van der Waals surface area (Å²) in [4.78, 5) is 14.8. The maximum Gasteiger partial charge on any atom is 2.00 e. The molecule has 84 heavy (non-hydrogen) atoms. The van der Waals surface area contributed by atoms with Gasteiger partial charge in [0.25, 0.3) is 0 Å². The first kappa shape index (κ1) is 202. The van der Waals surface area contributed by atoms with Gasteiger partial charge in [0.1, 0.15) is 0 Å². The van der Waals surface area contributed by atoms with Crippen molar-refractivity contribution in [3.8, 4) is 0 Å². The number of hydrogen-bond donors (Lipinski definition) is 18. The molecule has 0 spiro atoms. The van der Waals surface area contributed by atoms with Gasteiger partial charge in [0.2, 0.25) is 71.4 Å². The van der Waals surface area contributed by atoms with Gasteiger partial charge in [0.15, 0.2) is 0 Å². The number of nitrogen functional groups attached to an aromatic ring is 12. The van der Waals surface area contributed by atoms with Crippen LogP contribution in [0, 0.1) is 0 Å². The van der Waals surface area contributed by atoms with Crippen LogP contribution in [0.5, 0.6) is 0 Å². The second-order valence-corrected chi connectivity index (χ2v) is 10.2. The van der Waals surface area contributed by atoms with Crippen LogP contribution >= 0.6 is 0 Å². The molecule has 0 aliphatic heterocycles. The molecule has 0 aliphatic carbocycles. The summed E-state index contributed by atoms with van der Waals surface area (Å²) in [6.07, 6.45) is 0. The van der Waals surface area contributed by atoms with Gasteiger partial charge in [-0.3, -0.25) is 55.2 Å². The average Bonchev–Trinajstić information content (AvgIpc) is 3.87. The van der Waals surface area contributed by atoms with E-state index in [0.717, 1.165) is 0 Å². The van der Waals surface area contributed by atoms with Crippen LogP contribution < -0.4 is 68.8 Å². The summed E-state index contributed by atoms with van der Waals surface area (Å²) in [6.45, 7) is 0. The summed E-state index contributed by atoms with van der Waals surface area (Å²) in [7, 11) is -15.5. The molecule has 84 N–H and O–H groups in total. The number of H-pyrrole nitrogens is 6. The van der Waals surface area contributed by atoms with E-state index in [1.54, 1.807) is 0 Å². The first-order chi connectivity index (χ1) is 25.7. The van der Waals surface area contributed by atoms with Crippen LogP contribution in [0.3, 0.4) is 0 Å². The summed E-state index contributed by atoms with van der Waals surface area (Å²) >= 11 is 0. The largest absolute Gasteiger partial charge is 2.00 e. The van der Waals surface area contributed by atoms with Gasteiger partial charge in [-0.2, -0.15) is 0 Å². The number of hydrogen-bond acceptors (Lipinski definition) is 36. The number of rotatable bonds is 0. The topological polar surface area (TPSA) is 1570 Å². The van der Waals surface area contributed by atoms with Crippen LogP contribution in [-0.4, -0.2) is 242 Å². The molecule has 0 bridgehead atoms. The van der Waals surface area contributed by atoms with E-state index in [0.29, 0.717) is 0 Å². The van der Waals surface area contributed by atoms with Crippen molar-refractivity contribution in [3.05, 3.63) is 0 Å². The van der Waals surface area contributed by atoms with Crippen molar-refractivity contribution in [1.82, 2.24) is 91.1 Å². The number of anilines is 12. The Hall–Kier alpha value is -7.43.